The lowest BCUT2D eigenvalue weighted by Gasteiger charge is -2.28. The summed E-state index contributed by atoms with van der Waals surface area (Å²) in [6.07, 6.45) is 0.539. The molecule has 0 fully saturated rings. The second-order valence-corrected chi connectivity index (χ2v) is 3.60. The minimum Gasteiger partial charge on any atom is -0.385 e. The molecule has 0 aromatic heterocycles. The number of hydrogen-bond donors (Lipinski definition) is 1. The summed E-state index contributed by atoms with van der Waals surface area (Å²) in [5.74, 6) is 0.196. The van der Waals surface area contributed by atoms with Crippen molar-refractivity contribution in [3.05, 3.63) is 0 Å². The van der Waals surface area contributed by atoms with Crippen molar-refractivity contribution in [1.82, 2.24) is 4.90 Å². The molecular formula is C8H12FN5. The highest BCUT2D eigenvalue weighted by Crippen LogP contribution is 2.21. The smallest absolute Gasteiger partial charge is 0.307 e. The molecule has 0 radical (unpaired) electrons. The predicted octanol–water partition coefficient (Wildman–Crippen LogP) is 0.130. The normalized spacial score (nSPS) is 30.4. The first-order chi connectivity index (χ1) is 6.59. The minimum absolute atomic E-state index is 0.196. The number of aliphatic imine (C=N–C) groups is 3. The van der Waals surface area contributed by atoms with E-state index >= 15 is 0 Å². The quantitative estimate of drug-likeness (QED) is 0.607. The van der Waals surface area contributed by atoms with Crippen molar-refractivity contribution >= 4 is 18.3 Å². The van der Waals surface area contributed by atoms with Crippen molar-refractivity contribution < 1.29 is 4.39 Å². The van der Waals surface area contributed by atoms with Crippen LogP contribution in [0.2, 0.25) is 0 Å². The van der Waals surface area contributed by atoms with Crippen molar-refractivity contribution in [3.8, 4) is 0 Å². The van der Waals surface area contributed by atoms with Gasteiger partial charge in [-0.2, -0.15) is 9.38 Å². The zero-order valence-electron chi connectivity index (χ0n) is 8.05. The van der Waals surface area contributed by atoms with E-state index in [9.17, 15) is 4.39 Å². The van der Waals surface area contributed by atoms with E-state index < -0.39 is 6.09 Å². The highest BCUT2D eigenvalue weighted by Gasteiger charge is 2.37. The van der Waals surface area contributed by atoms with Gasteiger partial charge in [0.25, 0.3) is 0 Å². The first-order valence-corrected chi connectivity index (χ1v) is 4.47. The molecular weight excluding hydrogens is 185 g/mol. The molecule has 0 aliphatic carbocycles. The van der Waals surface area contributed by atoms with E-state index in [0.29, 0.717) is 0 Å². The summed E-state index contributed by atoms with van der Waals surface area (Å²) >= 11 is 0. The molecule has 2 heterocycles. The van der Waals surface area contributed by atoms with Gasteiger partial charge in [-0.1, -0.05) is 0 Å². The number of amidine groups is 2. The zero-order valence-corrected chi connectivity index (χ0v) is 8.05. The topological polar surface area (TPSA) is 66.3 Å². The van der Waals surface area contributed by atoms with E-state index in [1.54, 1.807) is 6.34 Å². The Balaban J connectivity index is 2.28. The van der Waals surface area contributed by atoms with Crippen LogP contribution in [0.1, 0.15) is 13.8 Å². The third kappa shape index (κ3) is 1.26. The monoisotopic (exact) mass is 197 g/mol. The third-order valence-corrected chi connectivity index (χ3v) is 2.31. The molecule has 0 saturated carbocycles. The fourth-order valence-electron chi connectivity index (χ4n) is 1.57. The maximum atomic E-state index is 12.9. The van der Waals surface area contributed by atoms with Crippen LogP contribution in [0.15, 0.2) is 15.0 Å². The SMILES string of the molecule is CC(C)N1C=NC2C(N)=NC(F)=NC21. The van der Waals surface area contributed by atoms with Gasteiger partial charge in [0, 0.05) is 6.04 Å². The van der Waals surface area contributed by atoms with Crippen LogP contribution in [0, 0.1) is 0 Å². The molecule has 5 nitrogen and oxygen atoms in total. The largest absolute Gasteiger partial charge is 0.385 e. The summed E-state index contributed by atoms with van der Waals surface area (Å²) in [5, 5.41) is 0. The molecule has 2 rings (SSSR count). The number of rotatable bonds is 1. The van der Waals surface area contributed by atoms with E-state index in [2.05, 4.69) is 15.0 Å². The molecule has 2 aliphatic heterocycles. The van der Waals surface area contributed by atoms with Gasteiger partial charge in [-0.25, -0.2) is 4.99 Å². The Labute approximate surface area is 81.2 Å². The Morgan fingerprint density at radius 1 is 1.57 bits per heavy atom. The molecule has 0 bridgehead atoms. The summed E-state index contributed by atoms with van der Waals surface area (Å²) in [5.41, 5.74) is 5.56. The average molecular weight is 197 g/mol. The molecule has 0 amide bonds. The maximum absolute atomic E-state index is 12.9. The zero-order chi connectivity index (χ0) is 10.3. The Kier molecular flexibility index (Phi) is 1.98. The van der Waals surface area contributed by atoms with Gasteiger partial charge in [0.2, 0.25) is 0 Å². The molecule has 0 saturated heterocycles. The van der Waals surface area contributed by atoms with Crippen LogP contribution in [0.4, 0.5) is 4.39 Å². The van der Waals surface area contributed by atoms with Gasteiger partial charge in [0.15, 0.2) is 6.17 Å². The maximum Gasteiger partial charge on any atom is 0.307 e. The van der Waals surface area contributed by atoms with Gasteiger partial charge in [-0.3, -0.25) is 4.99 Å². The Morgan fingerprint density at radius 2 is 2.29 bits per heavy atom. The second-order valence-electron chi connectivity index (χ2n) is 3.60. The Bertz CT molecular complexity index is 333. The van der Waals surface area contributed by atoms with Crippen LogP contribution in [0.3, 0.4) is 0 Å². The summed E-state index contributed by atoms with van der Waals surface area (Å²) in [7, 11) is 0. The number of nitrogens with zero attached hydrogens (tertiary/aromatic N) is 4. The van der Waals surface area contributed by atoms with Gasteiger partial charge in [-0.05, 0) is 13.8 Å². The van der Waals surface area contributed by atoms with Crippen LogP contribution in [0.5, 0.6) is 0 Å². The summed E-state index contributed by atoms with van der Waals surface area (Å²) < 4.78 is 12.9. The van der Waals surface area contributed by atoms with E-state index in [0.717, 1.165) is 0 Å². The van der Waals surface area contributed by atoms with Crippen LogP contribution in [-0.4, -0.2) is 41.4 Å². The number of hydrogen-bond acceptors (Lipinski definition) is 5. The van der Waals surface area contributed by atoms with Gasteiger partial charge < -0.3 is 10.6 Å². The lowest BCUT2D eigenvalue weighted by molar-refractivity contribution is 0.286. The van der Waals surface area contributed by atoms with Gasteiger partial charge in [-0.15, -0.1) is 0 Å². The fraction of sp³-hybridized carbons (Fsp3) is 0.625. The van der Waals surface area contributed by atoms with E-state index in [1.807, 2.05) is 18.7 Å². The molecule has 2 aliphatic rings. The van der Waals surface area contributed by atoms with Crippen molar-refractivity contribution in [1.29, 1.82) is 0 Å². The van der Waals surface area contributed by atoms with Crippen molar-refractivity contribution in [2.24, 2.45) is 20.7 Å². The molecule has 6 heteroatoms. The lowest BCUT2D eigenvalue weighted by Crippen LogP contribution is -2.46. The summed E-state index contributed by atoms with van der Waals surface area (Å²) in [4.78, 5) is 13.3. The Morgan fingerprint density at radius 3 is 2.93 bits per heavy atom. The molecule has 76 valence electrons. The molecule has 2 N–H and O–H groups in total. The highest BCUT2D eigenvalue weighted by atomic mass is 19.1. The predicted molar refractivity (Wildman–Crippen MR) is 53.2 cm³/mol. The summed E-state index contributed by atoms with van der Waals surface area (Å²) in [6.45, 7) is 3.98. The highest BCUT2D eigenvalue weighted by molar-refractivity contribution is 5.99. The van der Waals surface area contributed by atoms with Gasteiger partial charge >= 0.3 is 6.09 Å². The molecule has 0 spiro atoms. The fourth-order valence-corrected chi connectivity index (χ4v) is 1.57. The third-order valence-electron chi connectivity index (χ3n) is 2.31. The number of fused-ring (bicyclic) bond motifs is 1. The number of nitrogens with two attached hydrogens (primary N) is 1. The first kappa shape index (κ1) is 9.11. The van der Waals surface area contributed by atoms with Crippen LogP contribution >= 0.6 is 0 Å². The standard InChI is InChI=1S/C8H12FN5/c1-4(2)14-3-11-5-6(10)12-8(9)13-7(5)14/h3-5,7H,1-2H3,(H2,10,12,13). The second kappa shape index (κ2) is 3.04. The number of halogens is 1. The van der Waals surface area contributed by atoms with Crippen molar-refractivity contribution in [2.45, 2.75) is 32.1 Å². The molecule has 2 unspecified atom stereocenters. The van der Waals surface area contributed by atoms with Gasteiger partial charge in [0.05, 0.1) is 6.34 Å². The van der Waals surface area contributed by atoms with Crippen LogP contribution in [-0.2, 0) is 0 Å². The molecule has 0 aromatic carbocycles. The van der Waals surface area contributed by atoms with Crippen molar-refractivity contribution in [3.63, 3.8) is 0 Å². The van der Waals surface area contributed by atoms with Crippen molar-refractivity contribution in [2.75, 3.05) is 0 Å². The molecule has 14 heavy (non-hydrogen) atoms. The average Bonchev–Trinajstić information content (AvgIpc) is 2.47. The van der Waals surface area contributed by atoms with Gasteiger partial charge in [0.1, 0.15) is 11.9 Å². The van der Waals surface area contributed by atoms with E-state index in [1.165, 1.54) is 0 Å². The van der Waals surface area contributed by atoms with Crippen LogP contribution in [0.25, 0.3) is 0 Å². The first-order valence-electron chi connectivity index (χ1n) is 4.47. The molecule has 2 atom stereocenters. The Hall–Kier alpha value is -1.46. The van der Waals surface area contributed by atoms with E-state index in [-0.39, 0.29) is 24.1 Å². The van der Waals surface area contributed by atoms with E-state index in [4.69, 9.17) is 5.73 Å². The summed E-state index contributed by atoms with van der Waals surface area (Å²) in [6, 6.07) is -0.104. The van der Waals surface area contributed by atoms with Crippen LogP contribution < -0.4 is 5.73 Å². The lowest BCUT2D eigenvalue weighted by atomic mass is 10.2. The molecule has 0 aromatic rings. The minimum atomic E-state index is -0.764.